The van der Waals surface area contributed by atoms with Gasteiger partial charge in [0, 0.05) is 0 Å². The Morgan fingerprint density at radius 2 is 0.500 bits per heavy atom. The van der Waals surface area contributed by atoms with Gasteiger partial charge in [0.1, 0.15) is 0 Å². The molecule has 0 unspecified atom stereocenters. The fourth-order valence-corrected chi connectivity index (χ4v) is 0. The topological polar surface area (TPSA) is 63.0 Å². The van der Waals surface area contributed by atoms with Crippen molar-refractivity contribution in [3.63, 3.8) is 0 Å². The quantitative estimate of drug-likeness (QED) is 0.261. The first-order valence-corrected chi connectivity index (χ1v) is 0. The Hall–Kier alpha value is 1.92. The smallest absolute Gasteiger partial charge is 0.412 e. The summed E-state index contributed by atoms with van der Waals surface area (Å²) in [5.41, 5.74) is 0. The Labute approximate surface area is 69.2 Å². The van der Waals surface area contributed by atoms with Crippen molar-refractivity contribution in [1.29, 1.82) is 0 Å². The predicted molar refractivity (Wildman–Crippen MR) is 7.23 cm³/mol. The molecule has 0 saturated heterocycles. The van der Waals surface area contributed by atoms with Crippen molar-refractivity contribution in [2.45, 2.75) is 0 Å². The van der Waals surface area contributed by atoms with E-state index in [0.29, 0.717) is 0 Å². The van der Waals surface area contributed by atoms with Gasteiger partial charge in [-0.3, -0.25) is 0 Å². The van der Waals surface area contributed by atoms with Gasteiger partial charge in [-0.1, -0.05) is 0 Å². The molecule has 0 aliphatic carbocycles. The van der Waals surface area contributed by atoms with Crippen molar-refractivity contribution >= 4 is 0 Å². The van der Waals surface area contributed by atoms with Crippen molar-refractivity contribution in [2.75, 3.05) is 0 Å². The SMILES string of the molecule is O.O.[Na+].[Na+]. The summed E-state index contributed by atoms with van der Waals surface area (Å²) in [6, 6.07) is 0. The van der Waals surface area contributed by atoms with E-state index in [1.165, 1.54) is 0 Å². The minimum Gasteiger partial charge on any atom is -0.412 e. The van der Waals surface area contributed by atoms with Crippen LogP contribution in [0.25, 0.3) is 0 Å². The molecule has 0 fully saturated rings. The van der Waals surface area contributed by atoms with Crippen LogP contribution >= 0.6 is 0 Å². The maximum Gasteiger partial charge on any atom is 1.00 e. The minimum absolute atomic E-state index is 0. The Kier molecular flexibility index (Phi) is 199. The van der Waals surface area contributed by atoms with Gasteiger partial charge in [0.25, 0.3) is 0 Å². The van der Waals surface area contributed by atoms with Gasteiger partial charge in [0.05, 0.1) is 0 Å². The second-order valence-electron chi connectivity index (χ2n) is 0. The van der Waals surface area contributed by atoms with E-state index in [2.05, 4.69) is 0 Å². The van der Waals surface area contributed by atoms with Crippen LogP contribution in [0.15, 0.2) is 0 Å². The molecule has 0 aromatic rings. The molecule has 4 N–H and O–H groups in total. The molecule has 0 saturated carbocycles. The van der Waals surface area contributed by atoms with Gasteiger partial charge in [-0.2, -0.15) is 0 Å². The van der Waals surface area contributed by atoms with Gasteiger partial charge in [0.15, 0.2) is 0 Å². The third-order valence-electron chi connectivity index (χ3n) is 0. The van der Waals surface area contributed by atoms with Crippen molar-refractivity contribution in [3.8, 4) is 0 Å². The molecule has 0 atom stereocenters. The zero-order valence-electron chi connectivity index (χ0n) is 3.00. The predicted octanol–water partition coefficient (Wildman–Crippen LogP) is -7.64. The van der Waals surface area contributed by atoms with E-state index in [9.17, 15) is 0 Å². The molecule has 2 nitrogen and oxygen atoms in total. The van der Waals surface area contributed by atoms with Crippen LogP contribution in [-0.2, 0) is 0 Å². The van der Waals surface area contributed by atoms with E-state index in [1.807, 2.05) is 0 Å². The summed E-state index contributed by atoms with van der Waals surface area (Å²) in [6.07, 6.45) is 0. The summed E-state index contributed by atoms with van der Waals surface area (Å²) in [5, 5.41) is 0. The van der Waals surface area contributed by atoms with Crippen molar-refractivity contribution in [2.24, 2.45) is 0 Å². The molecule has 0 radical (unpaired) electrons. The van der Waals surface area contributed by atoms with Crippen molar-refractivity contribution < 1.29 is 70.1 Å². The van der Waals surface area contributed by atoms with Gasteiger partial charge in [-0.15, -0.1) is 0 Å². The average molecular weight is 82.0 g/mol. The molecule has 0 aromatic carbocycles. The largest absolute Gasteiger partial charge is 1.00 e. The third kappa shape index (κ3) is 9.07. The maximum atomic E-state index is 0. The molecular formula is H4Na2O2+2. The van der Waals surface area contributed by atoms with Crippen LogP contribution in [0.5, 0.6) is 0 Å². The third-order valence-corrected chi connectivity index (χ3v) is 0. The van der Waals surface area contributed by atoms with Crippen LogP contribution in [0.1, 0.15) is 0 Å². The van der Waals surface area contributed by atoms with E-state index in [1.54, 1.807) is 0 Å². The molecule has 0 heterocycles. The van der Waals surface area contributed by atoms with Crippen LogP contribution in [0.4, 0.5) is 0 Å². The van der Waals surface area contributed by atoms with Crippen molar-refractivity contribution in [3.05, 3.63) is 0 Å². The molecule has 0 rings (SSSR count). The molecule has 0 spiro atoms. The second kappa shape index (κ2) is 20.5. The van der Waals surface area contributed by atoms with Gasteiger partial charge in [-0.05, 0) is 0 Å². The van der Waals surface area contributed by atoms with Gasteiger partial charge in [-0.25, -0.2) is 0 Å². The van der Waals surface area contributed by atoms with E-state index < -0.39 is 0 Å². The Morgan fingerprint density at radius 3 is 0.500 bits per heavy atom. The van der Waals surface area contributed by atoms with E-state index >= 15 is 0 Å². The molecule has 0 aliphatic rings. The second-order valence-corrected chi connectivity index (χ2v) is 0. The number of hydrogen-bond donors (Lipinski definition) is 0. The molecule has 0 bridgehead atoms. The summed E-state index contributed by atoms with van der Waals surface area (Å²) in [7, 11) is 0. The zero-order valence-corrected chi connectivity index (χ0v) is 7.00. The van der Waals surface area contributed by atoms with Crippen LogP contribution in [0.3, 0.4) is 0 Å². The fourth-order valence-electron chi connectivity index (χ4n) is 0. The van der Waals surface area contributed by atoms with Crippen LogP contribution in [0, 0.1) is 0 Å². The monoisotopic (exact) mass is 82.0 g/mol. The summed E-state index contributed by atoms with van der Waals surface area (Å²) in [5.74, 6) is 0. The molecule has 4 heteroatoms. The Bertz CT molecular complexity index is 4.00. The van der Waals surface area contributed by atoms with Gasteiger partial charge < -0.3 is 11.0 Å². The van der Waals surface area contributed by atoms with Gasteiger partial charge in [0.2, 0.25) is 0 Å². The van der Waals surface area contributed by atoms with E-state index in [4.69, 9.17) is 0 Å². The standard InChI is InChI=1S/2Na.2H2O/h;;2*1H2/q2*+1;;. The first-order chi connectivity index (χ1) is 0. The Balaban J connectivity index is 0. The number of rotatable bonds is 0. The first kappa shape index (κ1) is 38.9. The van der Waals surface area contributed by atoms with E-state index in [-0.39, 0.29) is 70.1 Å². The maximum absolute atomic E-state index is 0. The average Bonchev–Trinajstić information content (AvgIpc) is 0. The molecule has 16 valence electrons. The first-order valence-electron chi connectivity index (χ1n) is 0. The normalized spacial score (nSPS) is 0. The minimum atomic E-state index is 0. The van der Waals surface area contributed by atoms with E-state index in [0.717, 1.165) is 0 Å². The van der Waals surface area contributed by atoms with Gasteiger partial charge >= 0.3 is 59.1 Å². The zero-order chi connectivity index (χ0) is 0. The van der Waals surface area contributed by atoms with Crippen LogP contribution in [0.2, 0.25) is 0 Å². The summed E-state index contributed by atoms with van der Waals surface area (Å²) < 4.78 is 0. The molecule has 4 heavy (non-hydrogen) atoms. The van der Waals surface area contributed by atoms with Crippen LogP contribution in [-0.4, -0.2) is 11.0 Å². The molecule has 0 aliphatic heterocycles. The van der Waals surface area contributed by atoms with Crippen molar-refractivity contribution in [1.82, 2.24) is 0 Å². The summed E-state index contributed by atoms with van der Waals surface area (Å²) >= 11 is 0. The summed E-state index contributed by atoms with van der Waals surface area (Å²) in [4.78, 5) is 0. The molecule has 0 aromatic heterocycles. The summed E-state index contributed by atoms with van der Waals surface area (Å²) in [6.45, 7) is 0. The fraction of sp³-hybridized carbons (Fsp3) is 0. The molecular weight excluding hydrogens is 78.0 g/mol. The van der Waals surface area contributed by atoms with Crippen LogP contribution < -0.4 is 59.1 Å². The number of hydrogen-bond acceptors (Lipinski definition) is 0. The Morgan fingerprint density at radius 1 is 0.500 bits per heavy atom. The molecule has 0 amide bonds.